The lowest BCUT2D eigenvalue weighted by atomic mass is 9.95. The Hall–Kier alpha value is -3.39. The van der Waals surface area contributed by atoms with E-state index >= 15 is 0 Å². The second kappa shape index (κ2) is 7.46. The van der Waals surface area contributed by atoms with E-state index in [1.807, 2.05) is 0 Å². The molecule has 0 aliphatic carbocycles. The third kappa shape index (κ3) is 3.09. The van der Waals surface area contributed by atoms with E-state index in [1.165, 1.54) is 4.90 Å². The monoisotopic (exact) mass is 478 g/mol. The summed E-state index contributed by atoms with van der Waals surface area (Å²) in [7, 11) is 0. The normalized spacial score (nSPS) is 13.1. The van der Waals surface area contributed by atoms with Gasteiger partial charge in [-0.2, -0.15) is 14.6 Å². The van der Waals surface area contributed by atoms with E-state index in [4.69, 9.17) is 4.52 Å². The maximum atomic E-state index is 14.3. The molecule has 1 aliphatic rings. The molecule has 0 unspecified atom stereocenters. The van der Waals surface area contributed by atoms with Gasteiger partial charge in [-0.25, -0.2) is 8.78 Å². The zero-order valence-corrected chi connectivity index (χ0v) is 16.5. The highest BCUT2D eigenvalue weighted by Crippen LogP contribution is 2.39. The van der Waals surface area contributed by atoms with Gasteiger partial charge in [0.25, 0.3) is 17.6 Å². The molecule has 1 aliphatic heterocycles. The number of rotatable bonds is 2. The number of hydrogen-bond acceptors (Lipinski definition) is 6. The molecule has 3 aromatic rings. The molecule has 0 radical (unpaired) electrons. The Morgan fingerprint density at radius 1 is 1.27 bits per heavy atom. The van der Waals surface area contributed by atoms with Gasteiger partial charge in [-0.1, -0.05) is 17.3 Å². The fraction of sp³-hybridized carbons (Fsp3) is 0.158. The number of nitriles is 1. The number of carbonyl (C=O) groups excluding carboxylic acids is 1. The lowest BCUT2D eigenvalue weighted by Gasteiger charge is -2.28. The molecule has 2 heterocycles. The topological polar surface area (TPSA) is 103 Å². The van der Waals surface area contributed by atoms with E-state index < -0.39 is 50.9 Å². The molecule has 1 amide bonds. The summed E-state index contributed by atoms with van der Waals surface area (Å²) in [5, 5.41) is 22.1. The fourth-order valence-corrected chi connectivity index (χ4v) is 3.77. The average molecular weight is 479 g/mol. The van der Waals surface area contributed by atoms with E-state index in [9.17, 15) is 28.3 Å². The van der Waals surface area contributed by atoms with Crippen molar-refractivity contribution >= 4 is 21.8 Å². The minimum absolute atomic E-state index is 0.206. The average Bonchev–Trinajstić information content (AvgIpc) is 3.24. The lowest BCUT2D eigenvalue weighted by molar-refractivity contribution is 0.0719. The molecule has 0 fully saturated rings. The van der Waals surface area contributed by atoms with Crippen LogP contribution >= 0.6 is 15.9 Å². The van der Waals surface area contributed by atoms with Crippen molar-refractivity contribution in [1.82, 2.24) is 15.0 Å². The van der Waals surface area contributed by atoms with Crippen molar-refractivity contribution in [2.45, 2.75) is 13.0 Å². The van der Waals surface area contributed by atoms with Crippen molar-refractivity contribution in [3.63, 3.8) is 0 Å². The molecular weight excluding hydrogens is 469 g/mol. The van der Waals surface area contributed by atoms with Gasteiger partial charge in [-0.05, 0) is 39.5 Å². The van der Waals surface area contributed by atoms with Gasteiger partial charge in [0.2, 0.25) is 5.82 Å². The highest BCUT2D eigenvalue weighted by Gasteiger charge is 2.31. The highest BCUT2D eigenvalue weighted by atomic mass is 79.9. The minimum atomic E-state index is -1.78. The van der Waals surface area contributed by atoms with E-state index in [0.29, 0.717) is 18.5 Å². The third-order valence-corrected chi connectivity index (χ3v) is 5.49. The highest BCUT2D eigenvalue weighted by molar-refractivity contribution is 9.10. The summed E-state index contributed by atoms with van der Waals surface area (Å²) < 4.78 is 45.7. The van der Waals surface area contributed by atoms with Crippen molar-refractivity contribution < 1.29 is 27.6 Å². The number of aromatic nitrogens is 2. The maximum absolute atomic E-state index is 14.3. The summed E-state index contributed by atoms with van der Waals surface area (Å²) >= 11 is 2.69. The molecule has 30 heavy (non-hydrogen) atoms. The first kappa shape index (κ1) is 19.9. The minimum Gasteiger partial charge on any atom is -0.503 e. The second-order valence-corrected chi connectivity index (χ2v) is 7.23. The first-order valence-corrected chi connectivity index (χ1v) is 9.31. The quantitative estimate of drug-likeness (QED) is 0.445. The van der Waals surface area contributed by atoms with Crippen molar-refractivity contribution in [3.8, 4) is 23.3 Å². The number of amides is 1. The Kier molecular flexibility index (Phi) is 4.95. The van der Waals surface area contributed by atoms with Gasteiger partial charge in [0.1, 0.15) is 0 Å². The standard InChI is InChI=1S/C19H10BrF3N4O3/c20-12-11(13(21)16(28)15(23)14(12)22)18-25-17(26-30-18)19(29)27-5-4-10-8(6-24)2-1-3-9(10)7-27/h1-3,28H,4-5,7H2. The van der Waals surface area contributed by atoms with Crippen LogP contribution in [0.4, 0.5) is 13.2 Å². The summed E-state index contributed by atoms with van der Waals surface area (Å²) in [5.41, 5.74) is 1.50. The van der Waals surface area contributed by atoms with Gasteiger partial charge < -0.3 is 14.5 Å². The largest absolute Gasteiger partial charge is 0.503 e. The Morgan fingerprint density at radius 2 is 2.03 bits per heavy atom. The molecule has 7 nitrogen and oxygen atoms in total. The molecule has 0 saturated carbocycles. The smallest absolute Gasteiger partial charge is 0.295 e. The molecule has 2 aromatic carbocycles. The first-order valence-electron chi connectivity index (χ1n) is 8.52. The summed E-state index contributed by atoms with van der Waals surface area (Å²) in [5.74, 6) is -8.03. The molecular formula is C19H10BrF3N4O3. The number of phenolic OH excluding ortho intramolecular Hbond substituents is 1. The molecule has 11 heteroatoms. The van der Waals surface area contributed by atoms with Crippen LogP contribution in [0.3, 0.4) is 0 Å². The van der Waals surface area contributed by atoms with Gasteiger partial charge >= 0.3 is 0 Å². The van der Waals surface area contributed by atoms with Crippen LogP contribution in [0.1, 0.15) is 27.3 Å². The number of benzene rings is 2. The molecule has 1 N–H and O–H groups in total. The molecule has 0 atom stereocenters. The zero-order valence-electron chi connectivity index (χ0n) is 14.9. The summed E-state index contributed by atoms with van der Waals surface area (Å²) in [6.45, 7) is 0.496. The predicted octanol–water partition coefficient (Wildman–Crippen LogP) is 3.69. The number of nitrogens with zero attached hydrogens (tertiary/aromatic N) is 4. The Labute approximate surface area is 175 Å². The Morgan fingerprint density at radius 3 is 2.77 bits per heavy atom. The molecule has 1 aromatic heterocycles. The second-order valence-electron chi connectivity index (χ2n) is 6.43. The van der Waals surface area contributed by atoms with Crippen LogP contribution < -0.4 is 0 Å². The van der Waals surface area contributed by atoms with Crippen LogP contribution in [0, 0.1) is 28.8 Å². The summed E-state index contributed by atoms with van der Waals surface area (Å²) in [6, 6.07) is 7.33. The van der Waals surface area contributed by atoms with Gasteiger partial charge in [0.05, 0.1) is 21.7 Å². The Balaban J connectivity index is 1.64. The number of hydrogen-bond donors (Lipinski definition) is 1. The van der Waals surface area contributed by atoms with Crippen molar-refractivity contribution in [1.29, 1.82) is 5.26 Å². The third-order valence-electron chi connectivity index (χ3n) is 4.75. The Bertz CT molecular complexity index is 1210. The van der Waals surface area contributed by atoms with E-state index in [1.54, 1.807) is 18.2 Å². The van der Waals surface area contributed by atoms with Crippen LogP contribution in [-0.2, 0) is 13.0 Å². The number of phenols is 1. The SMILES string of the molecule is N#Cc1cccc2c1CCN(C(=O)c1noc(-c3c(F)c(O)c(F)c(F)c3Br)n1)C2. The van der Waals surface area contributed by atoms with E-state index in [-0.39, 0.29) is 6.54 Å². The summed E-state index contributed by atoms with van der Waals surface area (Å²) in [6.07, 6.45) is 0.451. The van der Waals surface area contributed by atoms with Gasteiger partial charge in [0, 0.05) is 13.1 Å². The van der Waals surface area contributed by atoms with Crippen molar-refractivity contribution in [2.75, 3.05) is 6.54 Å². The zero-order chi connectivity index (χ0) is 21.6. The molecule has 4 rings (SSSR count). The van der Waals surface area contributed by atoms with Crippen LogP contribution in [-0.4, -0.2) is 32.6 Å². The van der Waals surface area contributed by atoms with Crippen LogP contribution in [0.5, 0.6) is 5.75 Å². The molecule has 0 saturated heterocycles. The van der Waals surface area contributed by atoms with Gasteiger partial charge in [-0.3, -0.25) is 4.79 Å². The van der Waals surface area contributed by atoms with Gasteiger partial charge in [0.15, 0.2) is 17.4 Å². The number of carbonyl (C=O) groups is 1. The molecule has 0 bridgehead atoms. The van der Waals surface area contributed by atoms with Crippen molar-refractivity contribution in [2.24, 2.45) is 0 Å². The predicted molar refractivity (Wildman–Crippen MR) is 98.6 cm³/mol. The van der Waals surface area contributed by atoms with Crippen LogP contribution in [0.2, 0.25) is 0 Å². The maximum Gasteiger partial charge on any atom is 0.295 e. The number of fused-ring (bicyclic) bond motifs is 1. The molecule has 152 valence electrons. The van der Waals surface area contributed by atoms with Crippen molar-refractivity contribution in [3.05, 3.63) is 62.6 Å². The first-order chi connectivity index (χ1) is 14.3. The van der Waals surface area contributed by atoms with Crippen LogP contribution in [0.25, 0.3) is 11.5 Å². The fourth-order valence-electron chi connectivity index (χ4n) is 3.25. The van der Waals surface area contributed by atoms with Gasteiger partial charge in [-0.15, -0.1) is 0 Å². The molecule has 0 spiro atoms. The summed E-state index contributed by atoms with van der Waals surface area (Å²) in [4.78, 5) is 18.0. The van der Waals surface area contributed by atoms with Crippen LogP contribution in [0.15, 0.2) is 27.2 Å². The number of aromatic hydroxyl groups is 1. The van der Waals surface area contributed by atoms with E-state index in [2.05, 4.69) is 32.1 Å². The number of halogens is 4. The lowest BCUT2D eigenvalue weighted by Crippen LogP contribution is -2.36. The van der Waals surface area contributed by atoms with E-state index in [0.717, 1.165) is 11.1 Å².